The van der Waals surface area contributed by atoms with Gasteiger partial charge in [-0.1, -0.05) is 0 Å². The van der Waals surface area contributed by atoms with Gasteiger partial charge in [0.2, 0.25) is 5.91 Å². The van der Waals surface area contributed by atoms with Crippen molar-refractivity contribution in [3.8, 4) is 0 Å². The SMILES string of the molecule is CC(C)(C)OC(=O)N(CC(=O)N1CCCC1)C12CC3CC(CC(S)(C3)C1)C2. The molecule has 4 saturated carbocycles. The van der Waals surface area contributed by atoms with Crippen LogP contribution >= 0.6 is 12.6 Å². The van der Waals surface area contributed by atoms with Crippen molar-refractivity contribution >= 4 is 24.6 Å². The average molecular weight is 395 g/mol. The van der Waals surface area contributed by atoms with Crippen molar-refractivity contribution in [1.82, 2.24) is 9.80 Å². The van der Waals surface area contributed by atoms with Gasteiger partial charge in [0.25, 0.3) is 0 Å². The zero-order valence-electron chi connectivity index (χ0n) is 17.0. The molecule has 5 nitrogen and oxygen atoms in total. The molecule has 0 spiro atoms. The van der Waals surface area contributed by atoms with Gasteiger partial charge in [-0.25, -0.2) is 4.79 Å². The van der Waals surface area contributed by atoms with Crippen LogP contribution in [0.1, 0.15) is 72.1 Å². The van der Waals surface area contributed by atoms with Gasteiger partial charge >= 0.3 is 6.09 Å². The average Bonchev–Trinajstić information content (AvgIpc) is 3.02. The molecule has 1 heterocycles. The lowest BCUT2D eigenvalue weighted by Gasteiger charge is -2.63. The first kappa shape index (κ1) is 19.4. The van der Waals surface area contributed by atoms with E-state index in [2.05, 4.69) is 0 Å². The monoisotopic (exact) mass is 394 g/mol. The molecule has 0 aromatic carbocycles. The molecule has 1 aliphatic heterocycles. The number of likely N-dealkylation sites (tertiary alicyclic amines) is 1. The maximum absolute atomic E-state index is 13.2. The van der Waals surface area contributed by atoms with Crippen LogP contribution in [-0.2, 0) is 9.53 Å². The molecule has 4 aliphatic carbocycles. The molecule has 0 N–H and O–H groups in total. The Hall–Kier alpha value is -0.910. The number of hydrogen-bond acceptors (Lipinski definition) is 4. The molecule has 2 atom stereocenters. The third-order valence-corrected chi connectivity index (χ3v) is 7.46. The number of amides is 2. The Morgan fingerprint density at radius 3 is 2.22 bits per heavy atom. The third kappa shape index (κ3) is 3.83. The van der Waals surface area contributed by atoms with E-state index in [1.807, 2.05) is 30.6 Å². The Morgan fingerprint density at radius 1 is 1.11 bits per heavy atom. The lowest BCUT2D eigenvalue weighted by atomic mass is 9.52. The van der Waals surface area contributed by atoms with Crippen LogP contribution < -0.4 is 0 Å². The minimum Gasteiger partial charge on any atom is -0.444 e. The molecule has 5 fully saturated rings. The fraction of sp³-hybridized carbons (Fsp3) is 0.905. The molecule has 0 radical (unpaired) electrons. The van der Waals surface area contributed by atoms with Crippen molar-refractivity contribution < 1.29 is 14.3 Å². The summed E-state index contributed by atoms with van der Waals surface area (Å²) < 4.78 is 5.79. The van der Waals surface area contributed by atoms with Crippen molar-refractivity contribution in [2.45, 2.75) is 88.0 Å². The topological polar surface area (TPSA) is 49.9 Å². The van der Waals surface area contributed by atoms with Crippen molar-refractivity contribution in [2.24, 2.45) is 11.8 Å². The minimum atomic E-state index is -0.563. The summed E-state index contributed by atoms with van der Waals surface area (Å²) in [4.78, 5) is 29.9. The van der Waals surface area contributed by atoms with Crippen molar-refractivity contribution in [3.63, 3.8) is 0 Å². The van der Waals surface area contributed by atoms with Crippen molar-refractivity contribution in [2.75, 3.05) is 19.6 Å². The Morgan fingerprint density at radius 2 is 1.70 bits per heavy atom. The van der Waals surface area contributed by atoms with E-state index in [4.69, 9.17) is 17.4 Å². The second-order valence-corrected chi connectivity index (χ2v) is 11.5. The smallest absolute Gasteiger partial charge is 0.411 e. The Kier molecular flexibility index (Phi) is 4.72. The van der Waals surface area contributed by atoms with Crippen LogP contribution in [0.4, 0.5) is 4.79 Å². The highest BCUT2D eigenvalue weighted by molar-refractivity contribution is 7.81. The van der Waals surface area contributed by atoms with E-state index in [0.29, 0.717) is 11.8 Å². The van der Waals surface area contributed by atoms with Gasteiger partial charge in [0.15, 0.2) is 0 Å². The van der Waals surface area contributed by atoms with Crippen LogP contribution in [0, 0.1) is 11.8 Å². The number of carbonyl (C=O) groups excluding carboxylic acids is 2. The molecular weight excluding hydrogens is 360 g/mol. The van der Waals surface area contributed by atoms with Crippen molar-refractivity contribution in [1.29, 1.82) is 0 Å². The molecule has 5 rings (SSSR count). The largest absolute Gasteiger partial charge is 0.444 e. The standard InChI is InChI=1S/C21H34N2O3S/c1-19(2,3)26-18(25)23(13-17(24)22-6-4-5-7-22)20-9-15-8-16(10-20)12-21(27,11-15)14-20/h15-16,27H,4-14H2,1-3H3. The van der Waals surface area contributed by atoms with Crippen molar-refractivity contribution in [3.05, 3.63) is 0 Å². The second kappa shape index (κ2) is 6.57. The van der Waals surface area contributed by atoms with Gasteiger partial charge < -0.3 is 9.64 Å². The molecule has 152 valence electrons. The van der Waals surface area contributed by atoms with E-state index >= 15 is 0 Å². The molecule has 0 aromatic heterocycles. The molecule has 4 bridgehead atoms. The molecule has 5 aliphatic rings. The van der Waals surface area contributed by atoms with E-state index in [0.717, 1.165) is 58.0 Å². The maximum atomic E-state index is 13.2. The zero-order chi connectivity index (χ0) is 19.4. The first-order valence-electron chi connectivity index (χ1n) is 10.6. The van der Waals surface area contributed by atoms with E-state index in [-0.39, 0.29) is 28.8 Å². The summed E-state index contributed by atoms with van der Waals surface area (Å²) in [7, 11) is 0. The fourth-order valence-electron chi connectivity index (χ4n) is 6.43. The predicted molar refractivity (Wildman–Crippen MR) is 108 cm³/mol. The first-order valence-corrected chi connectivity index (χ1v) is 11.0. The van der Waals surface area contributed by atoms with Gasteiger partial charge in [0.1, 0.15) is 12.1 Å². The summed E-state index contributed by atoms with van der Waals surface area (Å²) in [6, 6.07) is 0. The van der Waals surface area contributed by atoms with Crippen LogP contribution in [-0.4, -0.2) is 57.3 Å². The van der Waals surface area contributed by atoms with Crippen LogP contribution in [0.25, 0.3) is 0 Å². The Bertz CT molecular complexity index is 609. The van der Waals surface area contributed by atoms with Gasteiger partial charge in [-0.3, -0.25) is 9.69 Å². The quantitative estimate of drug-likeness (QED) is 0.740. The Balaban J connectivity index is 1.61. The van der Waals surface area contributed by atoms with Gasteiger partial charge in [-0.2, -0.15) is 12.6 Å². The number of ether oxygens (including phenoxy) is 1. The Labute approximate surface area is 168 Å². The second-order valence-electron chi connectivity index (χ2n) is 10.6. The van der Waals surface area contributed by atoms with E-state index in [1.54, 1.807) is 0 Å². The van der Waals surface area contributed by atoms with Crippen LogP contribution in [0.2, 0.25) is 0 Å². The van der Waals surface area contributed by atoms with Gasteiger partial charge in [-0.05, 0) is 84.0 Å². The lowest BCUT2D eigenvalue weighted by Crippen LogP contribution is -2.66. The van der Waals surface area contributed by atoms with E-state index in [1.165, 1.54) is 6.42 Å². The number of carbonyl (C=O) groups is 2. The highest BCUT2D eigenvalue weighted by atomic mass is 32.1. The summed E-state index contributed by atoms with van der Waals surface area (Å²) in [6.45, 7) is 7.46. The number of rotatable bonds is 3. The number of thiol groups is 1. The molecule has 2 amide bonds. The summed E-state index contributed by atoms with van der Waals surface area (Å²) in [5.41, 5.74) is -0.823. The molecule has 27 heavy (non-hydrogen) atoms. The molecule has 1 saturated heterocycles. The molecule has 0 aromatic rings. The van der Waals surface area contributed by atoms with Gasteiger partial charge in [-0.15, -0.1) is 0 Å². The van der Waals surface area contributed by atoms with E-state index in [9.17, 15) is 9.59 Å². The normalized spacial score (nSPS) is 37.6. The highest BCUT2D eigenvalue weighted by Crippen LogP contribution is 2.61. The van der Waals surface area contributed by atoms with Gasteiger partial charge in [0.05, 0.1) is 0 Å². The van der Waals surface area contributed by atoms with Crippen LogP contribution in [0.15, 0.2) is 0 Å². The molecule has 2 unspecified atom stereocenters. The third-order valence-electron chi connectivity index (χ3n) is 6.94. The predicted octanol–water partition coefficient (Wildman–Crippen LogP) is 3.87. The first-order chi connectivity index (χ1) is 12.6. The fourth-order valence-corrected chi connectivity index (χ4v) is 7.24. The number of hydrogen-bond donors (Lipinski definition) is 1. The molecule has 6 heteroatoms. The maximum Gasteiger partial charge on any atom is 0.411 e. The summed E-state index contributed by atoms with van der Waals surface area (Å²) in [5, 5.41) is 0. The summed E-state index contributed by atoms with van der Waals surface area (Å²) >= 11 is 5.06. The highest BCUT2D eigenvalue weighted by Gasteiger charge is 2.60. The number of nitrogens with zero attached hydrogens (tertiary/aromatic N) is 2. The van der Waals surface area contributed by atoms with Crippen LogP contribution in [0.5, 0.6) is 0 Å². The molecular formula is C21H34N2O3S. The van der Waals surface area contributed by atoms with E-state index < -0.39 is 5.60 Å². The summed E-state index contributed by atoms with van der Waals surface area (Å²) in [5.74, 6) is 1.31. The summed E-state index contributed by atoms with van der Waals surface area (Å²) in [6.07, 6.45) is 8.24. The van der Waals surface area contributed by atoms with Gasteiger partial charge in [0, 0.05) is 23.4 Å². The zero-order valence-corrected chi connectivity index (χ0v) is 17.9. The lowest BCUT2D eigenvalue weighted by molar-refractivity contribution is -0.137. The van der Waals surface area contributed by atoms with Crippen LogP contribution in [0.3, 0.4) is 0 Å². The minimum absolute atomic E-state index is 0.0149.